The standard InChI is InChI=1S/C20H21F2N3O5S/c21-16-6-7-17(22)18(12-16)31(28,29)25-10-8-24(9-11-25)19(26)13-23-20(27)30-14-15-4-2-1-3-5-15/h1-7,12H,8-11,13-14H2,(H,23,27). The van der Waals surface area contributed by atoms with Gasteiger partial charge in [-0.25, -0.2) is 22.0 Å². The van der Waals surface area contributed by atoms with E-state index in [1.165, 1.54) is 4.90 Å². The second-order valence-electron chi connectivity index (χ2n) is 6.77. The summed E-state index contributed by atoms with van der Waals surface area (Å²) in [6.45, 7) is -0.302. The number of alkyl carbamates (subject to hydrolysis) is 1. The summed E-state index contributed by atoms with van der Waals surface area (Å²) >= 11 is 0. The number of amides is 2. The van der Waals surface area contributed by atoms with Gasteiger partial charge in [-0.1, -0.05) is 30.3 Å². The van der Waals surface area contributed by atoms with Gasteiger partial charge in [0.25, 0.3) is 0 Å². The lowest BCUT2D eigenvalue weighted by Crippen LogP contribution is -2.52. The van der Waals surface area contributed by atoms with E-state index in [9.17, 15) is 26.8 Å². The monoisotopic (exact) mass is 453 g/mol. The average Bonchev–Trinajstić information content (AvgIpc) is 2.78. The molecule has 3 rings (SSSR count). The van der Waals surface area contributed by atoms with Gasteiger partial charge in [-0.2, -0.15) is 4.31 Å². The van der Waals surface area contributed by atoms with Gasteiger partial charge in [-0.15, -0.1) is 0 Å². The third-order valence-corrected chi connectivity index (χ3v) is 6.61. The summed E-state index contributed by atoms with van der Waals surface area (Å²) in [6.07, 6.45) is -0.750. The molecule has 0 atom stereocenters. The first kappa shape index (κ1) is 22.6. The maximum absolute atomic E-state index is 13.9. The van der Waals surface area contributed by atoms with E-state index >= 15 is 0 Å². The minimum atomic E-state index is -4.23. The Morgan fingerprint density at radius 3 is 2.35 bits per heavy atom. The van der Waals surface area contributed by atoms with E-state index in [1.807, 2.05) is 18.2 Å². The molecule has 0 aliphatic carbocycles. The number of carbonyl (C=O) groups is 2. The predicted molar refractivity (Wildman–Crippen MR) is 106 cm³/mol. The molecule has 0 radical (unpaired) electrons. The van der Waals surface area contributed by atoms with Crippen LogP contribution in [0.5, 0.6) is 0 Å². The quantitative estimate of drug-likeness (QED) is 0.719. The molecule has 1 fully saturated rings. The van der Waals surface area contributed by atoms with Crippen molar-refractivity contribution < 1.29 is 31.5 Å². The molecule has 0 unspecified atom stereocenters. The van der Waals surface area contributed by atoms with E-state index in [0.717, 1.165) is 22.0 Å². The first-order chi connectivity index (χ1) is 14.8. The SMILES string of the molecule is O=C(NCC(=O)N1CCN(S(=O)(=O)c2cc(F)ccc2F)CC1)OCc1ccccc1. The van der Waals surface area contributed by atoms with Crippen LogP contribution in [0, 0.1) is 11.6 Å². The van der Waals surface area contributed by atoms with Gasteiger partial charge in [-0.05, 0) is 23.8 Å². The Labute approximate surface area is 178 Å². The van der Waals surface area contributed by atoms with Crippen LogP contribution in [-0.4, -0.2) is 62.3 Å². The lowest BCUT2D eigenvalue weighted by Gasteiger charge is -2.34. The molecule has 2 aromatic rings. The van der Waals surface area contributed by atoms with Crippen LogP contribution in [0.2, 0.25) is 0 Å². The third kappa shape index (κ3) is 5.76. The van der Waals surface area contributed by atoms with E-state index < -0.39 is 38.6 Å². The van der Waals surface area contributed by atoms with E-state index in [4.69, 9.17) is 4.74 Å². The fourth-order valence-corrected chi connectivity index (χ4v) is 4.52. The summed E-state index contributed by atoms with van der Waals surface area (Å²) in [4.78, 5) is 24.7. The molecule has 1 saturated heterocycles. The van der Waals surface area contributed by atoms with Crippen molar-refractivity contribution in [2.24, 2.45) is 0 Å². The van der Waals surface area contributed by atoms with Gasteiger partial charge in [0.2, 0.25) is 15.9 Å². The molecule has 1 N–H and O–H groups in total. The largest absolute Gasteiger partial charge is 0.445 e. The highest BCUT2D eigenvalue weighted by molar-refractivity contribution is 7.89. The van der Waals surface area contributed by atoms with Crippen LogP contribution < -0.4 is 5.32 Å². The molecule has 0 bridgehead atoms. The third-order valence-electron chi connectivity index (χ3n) is 4.70. The lowest BCUT2D eigenvalue weighted by atomic mass is 10.2. The van der Waals surface area contributed by atoms with Crippen LogP contribution in [0.4, 0.5) is 13.6 Å². The Kier molecular flexibility index (Phi) is 7.18. The summed E-state index contributed by atoms with van der Waals surface area (Å²) in [7, 11) is -4.23. The number of nitrogens with one attached hydrogen (secondary N) is 1. The number of halogens is 2. The first-order valence-corrected chi connectivity index (χ1v) is 10.9. The molecule has 1 aliphatic rings. The fourth-order valence-electron chi connectivity index (χ4n) is 3.03. The molecule has 1 heterocycles. The Morgan fingerprint density at radius 1 is 1.00 bits per heavy atom. The van der Waals surface area contributed by atoms with Crippen molar-refractivity contribution in [3.8, 4) is 0 Å². The Balaban J connectivity index is 1.47. The smallest absolute Gasteiger partial charge is 0.407 e. The van der Waals surface area contributed by atoms with E-state index in [-0.39, 0.29) is 39.3 Å². The minimum absolute atomic E-state index is 0.0513. The Hall–Kier alpha value is -3.05. The van der Waals surface area contributed by atoms with Crippen LogP contribution >= 0.6 is 0 Å². The number of ether oxygens (including phenoxy) is 1. The maximum Gasteiger partial charge on any atom is 0.407 e. The van der Waals surface area contributed by atoms with Crippen molar-refractivity contribution in [1.29, 1.82) is 0 Å². The molecule has 2 aromatic carbocycles. The summed E-state index contributed by atoms with van der Waals surface area (Å²) < 4.78 is 58.4. The first-order valence-electron chi connectivity index (χ1n) is 9.45. The van der Waals surface area contributed by atoms with Crippen LogP contribution in [0.25, 0.3) is 0 Å². The molecular formula is C20H21F2N3O5S. The summed E-state index contributed by atoms with van der Waals surface area (Å²) in [5.74, 6) is -2.32. The van der Waals surface area contributed by atoms with Crippen molar-refractivity contribution in [2.45, 2.75) is 11.5 Å². The van der Waals surface area contributed by atoms with Gasteiger partial charge in [-0.3, -0.25) is 4.79 Å². The summed E-state index contributed by atoms with van der Waals surface area (Å²) in [6, 6.07) is 11.3. The molecular weight excluding hydrogens is 432 g/mol. The highest BCUT2D eigenvalue weighted by Crippen LogP contribution is 2.21. The zero-order chi connectivity index (χ0) is 22.4. The van der Waals surface area contributed by atoms with Gasteiger partial charge in [0.1, 0.15) is 29.7 Å². The number of benzene rings is 2. The normalized spacial score (nSPS) is 14.8. The van der Waals surface area contributed by atoms with Crippen molar-refractivity contribution in [3.63, 3.8) is 0 Å². The average molecular weight is 453 g/mol. The second kappa shape index (κ2) is 9.84. The second-order valence-corrected chi connectivity index (χ2v) is 8.68. The number of sulfonamides is 1. The van der Waals surface area contributed by atoms with Crippen molar-refractivity contribution >= 4 is 22.0 Å². The minimum Gasteiger partial charge on any atom is -0.445 e. The molecule has 0 spiro atoms. The molecule has 0 saturated carbocycles. The van der Waals surface area contributed by atoms with Gasteiger partial charge in [0.15, 0.2) is 0 Å². The molecule has 1 aliphatic heterocycles. The van der Waals surface area contributed by atoms with E-state index in [0.29, 0.717) is 6.07 Å². The van der Waals surface area contributed by atoms with Gasteiger partial charge < -0.3 is 15.0 Å². The van der Waals surface area contributed by atoms with Crippen molar-refractivity contribution in [2.75, 3.05) is 32.7 Å². The number of nitrogens with zero attached hydrogens (tertiary/aromatic N) is 2. The molecule has 31 heavy (non-hydrogen) atoms. The zero-order valence-corrected chi connectivity index (χ0v) is 17.3. The molecule has 11 heteroatoms. The predicted octanol–water partition coefficient (Wildman–Crippen LogP) is 1.72. The van der Waals surface area contributed by atoms with Gasteiger partial charge >= 0.3 is 6.09 Å². The van der Waals surface area contributed by atoms with Crippen molar-refractivity contribution in [3.05, 3.63) is 65.7 Å². The van der Waals surface area contributed by atoms with Crippen LogP contribution in [0.15, 0.2) is 53.4 Å². The van der Waals surface area contributed by atoms with Crippen molar-refractivity contribution in [1.82, 2.24) is 14.5 Å². The molecule has 2 amide bonds. The Bertz CT molecular complexity index is 1040. The molecule has 0 aromatic heterocycles. The highest BCUT2D eigenvalue weighted by Gasteiger charge is 2.32. The maximum atomic E-state index is 13.9. The van der Waals surface area contributed by atoms with Gasteiger partial charge in [0, 0.05) is 26.2 Å². The number of hydrogen-bond donors (Lipinski definition) is 1. The fraction of sp³-hybridized carbons (Fsp3) is 0.300. The van der Waals surface area contributed by atoms with Crippen LogP contribution in [0.1, 0.15) is 5.56 Å². The van der Waals surface area contributed by atoms with Gasteiger partial charge in [0.05, 0.1) is 0 Å². The topological polar surface area (TPSA) is 96.0 Å². The number of carbonyl (C=O) groups excluding carboxylic acids is 2. The Morgan fingerprint density at radius 2 is 1.68 bits per heavy atom. The molecule has 8 nitrogen and oxygen atoms in total. The highest BCUT2D eigenvalue weighted by atomic mass is 32.2. The number of hydrogen-bond acceptors (Lipinski definition) is 5. The lowest BCUT2D eigenvalue weighted by molar-refractivity contribution is -0.131. The summed E-state index contributed by atoms with van der Waals surface area (Å²) in [5.41, 5.74) is 0.802. The van der Waals surface area contributed by atoms with E-state index in [1.54, 1.807) is 12.1 Å². The number of piperazine rings is 1. The van der Waals surface area contributed by atoms with Crippen LogP contribution in [0.3, 0.4) is 0 Å². The zero-order valence-electron chi connectivity index (χ0n) is 16.5. The number of rotatable bonds is 6. The summed E-state index contributed by atoms with van der Waals surface area (Å²) in [5, 5.41) is 2.36. The van der Waals surface area contributed by atoms with E-state index in [2.05, 4.69) is 5.32 Å². The van der Waals surface area contributed by atoms with Crippen LogP contribution in [-0.2, 0) is 26.2 Å². The molecule has 166 valence electrons.